The molecule has 2 unspecified atom stereocenters. The molecule has 116 valence electrons. The number of hydrogen-bond donors (Lipinski definition) is 2. The molecule has 2 atom stereocenters. The summed E-state index contributed by atoms with van der Waals surface area (Å²) >= 11 is 0. The average molecular weight is 288 g/mol. The summed E-state index contributed by atoms with van der Waals surface area (Å²) in [5.74, 6) is 0.908. The first-order valence-electron chi connectivity index (χ1n) is 8.27. The third-order valence-corrected chi connectivity index (χ3v) is 4.52. The minimum atomic E-state index is 0.0203. The number of rotatable bonds is 6. The average Bonchev–Trinajstić information content (AvgIpc) is 2.52. The van der Waals surface area contributed by atoms with E-state index < -0.39 is 0 Å². The van der Waals surface area contributed by atoms with Crippen molar-refractivity contribution < 1.29 is 4.79 Å². The van der Waals surface area contributed by atoms with Gasteiger partial charge in [-0.1, -0.05) is 43.9 Å². The molecule has 21 heavy (non-hydrogen) atoms. The molecule has 2 N–H and O–H groups in total. The van der Waals surface area contributed by atoms with E-state index in [1.54, 1.807) is 0 Å². The van der Waals surface area contributed by atoms with Gasteiger partial charge in [0, 0.05) is 24.7 Å². The van der Waals surface area contributed by atoms with E-state index in [-0.39, 0.29) is 5.91 Å². The summed E-state index contributed by atoms with van der Waals surface area (Å²) in [6, 6.07) is 8.34. The topological polar surface area (TPSA) is 41.1 Å². The molecule has 3 nitrogen and oxygen atoms in total. The van der Waals surface area contributed by atoms with Crippen LogP contribution in [0.4, 0.5) is 0 Å². The minimum absolute atomic E-state index is 0.0203. The van der Waals surface area contributed by atoms with Gasteiger partial charge in [0.25, 0.3) is 5.91 Å². The quantitative estimate of drug-likeness (QED) is 0.789. The predicted molar refractivity (Wildman–Crippen MR) is 87.6 cm³/mol. The molecule has 1 aromatic rings. The maximum Gasteiger partial charge on any atom is 0.251 e. The Kier molecular flexibility index (Phi) is 6.24. The van der Waals surface area contributed by atoms with Crippen molar-refractivity contribution >= 4 is 5.91 Å². The van der Waals surface area contributed by atoms with Crippen LogP contribution in [0.25, 0.3) is 0 Å². The lowest BCUT2D eigenvalue weighted by atomic mass is 9.84. The third kappa shape index (κ3) is 5.16. The summed E-state index contributed by atoms with van der Waals surface area (Å²) < 4.78 is 0. The van der Waals surface area contributed by atoms with Gasteiger partial charge >= 0.3 is 0 Å². The van der Waals surface area contributed by atoms with Gasteiger partial charge in [-0.15, -0.1) is 0 Å². The molecule has 1 amide bonds. The summed E-state index contributed by atoms with van der Waals surface area (Å²) in [4.78, 5) is 12.0. The number of carbonyl (C=O) groups is 1. The van der Waals surface area contributed by atoms with Crippen molar-refractivity contribution in [2.45, 2.75) is 52.0 Å². The van der Waals surface area contributed by atoms with Gasteiger partial charge in [0.05, 0.1) is 0 Å². The largest absolute Gasteiger partial charge is 0.351 e. The molecule has 0 bridgehead atoms. The van der Waals surface area contributed by atoms with Crippen LogP contribution in [0, 0.1) is 12.8 Å². The maximum atomic E-state index is 12.0. The zero-order valence-electron chi connectivity index (χ0n) is 13.3. The van der Waals surface area contributed by atoms with E-state index in [0.29, 0.717) is 12.6 Å². The van der Waals surface area contributed by atoms with Gasteiger partial charge in [0.2, 0.25) is 0 Å². The van der Waals surface area contributed by atoms with Crippen molar-refractivity contribution in [1.82, 2.24) is 10.6 Å². The maximum absolute atomic E-state index is 12.0. The fourth-order valence-electron chi connectivity index (χ4n) is 3.11. The Hall–Kier alpha value is -1.35. The van der Waals surface area contributed by atoms with Crippen LogP contribution in [-0.4, -0.2) is 25.0 Å². The fraction of sp³-hybridized carbons (Fsp3) is 0.611. The lowest BCUT2D eigenvalue weighted by molar-refractivity contribution is 0.0953. The lowest BCUT2D eigenvalue weighted by Crippen LogP contribution is -2.39. The van der Waals surface area contributed by atoms with Gasteiger partial charge in [-0.25, -0.2) is 0 Å². The second kappa shape index (κ2) is 8.18. The van der Waals surface area contributed by atoms with Crippen LogP contribution >= 0.6 is 0 Å². The molecule has 1 fully saturated rings. The Bertz CT molecular complexity index is 441. The monoisotopic (exact) mass is 288 g/mol. The van der Waals surface area contributed by atoms with Gasteiger partial charge in [0.15, 0.2) is 0 Å². The Balaban J connectivity index is 1.65. The van der Waals surface area contributed by atoms with Gasteiger partial charge < -0.3 is 10.6 Å². The van der Waals surface area contributed by atoms with E-state index in [2.05, 4.69) is 17.6 Å². The summed E-state index contributed by atoms with van der Waals surface area (Å²) in [6.45, 7) is 5.87. The van der Waals surface area contributed by atoms with Crippen molar-refractivity contribution in [2.24, 2.45) is 5.92 Å². The van der Waals surface area contributed by atoms with E-state index in [1.807, 2.05) is 31.2 Å². The van der Waals surface area contributed by atoms with Crippen molar-refractivity contribution in [3.05, 3.63) is 35.4 Å². The summed E-state index contributed by atoms with van der Waals surface area (Å²) in [6.07, 6.45) is 6.60. The molecule has 1 aromatic carbocycles. The molecular formula is C18H28N2O. The van der Waals surface area contributed by atoms with E-state index >= 15 is 0 Å². The number of nitrogens with one attached hydrogen (secondary N) is 2. The molecule has 1 aliphatic carbocycles. The van der Waals surface area contributed by atoms with Crippen LogP contribution in [0.1, 0.15) is 54.9 Å². The van der Waals surface area contributed by atoms with Gasteiger partial charge in [-0.2, -0.15) is 0 Å². The van der Waals surface area contributed by atoms with Crippen LogP contribution in [0.3, 0.4) is 0 Å². The number of carbonyl (C=O) groups excluding carboxylic acids is 1. The van der Waals surface area contributed by atoms with Gasteiger partial charge in [-0.05, 0) is 37.8 Å². The Morgan fingerprint density at radius 2 is 1.95 bits per heavy atom. The molecule has 0 spiro atoms. The first kappa shape index (κ1) is 16.0. The zero-order valence-corrected chi connectivity index (χ0v) is 13.3. The highest BCUT2D eigenvalue weighted by Gasteiger charge is 2.19. The Labute approximate surface area is 128 Å². The minimum Gasteiger partial charge on any atom is -0.351 e. The second-order valence-corrected chi connectivity index (χ2v) is 6.21. The van der Waals surface area contributed by atoms with Crippen LogP contribution in [0.2, 0.25) is 0 Å². The summed E-state index contributed by atoms with van der Waals surface area (Å²) in [7, 11) is 0. The van der Waals surface area contributed by atoms with Crippen LogP contribution in [0.15, 0.2) is 24.3 Å². The highest BCUT2D eigenvalue weighted by atomic mass is 16.1. The van der Waals surface area contributed by atoms with Crippen molar-refractivity contribution in [3.8, 4) is 0 Å². The summed E-state index contributed by atoms with van der Waals surface area (Å²) in [5.41, 5.74) is 1.92. The van der Waals surface area contributed by atoms with Crippen LogP contribution < -0.4 is 10.6 Å². The number of hydrogen-bond acceptors (Lipinski definition) is 2. The summed E-state index contributed by atoms with van der Waals surface area (Å²) in [5, 5.41) is 6.57. The number of amides is 1. The third-order valence-electron chi connectivity index (χ3n) is 4.52. The van der Waals surface area contributed by atoms with Crippen molar-refractivity contribution in [3.63, 3.8) is 0 Å². The Morgan fingerprint density at radius 3 is 2.67 bits per heavy atom. The molecule has 0 saturated heterocycles. The fourth-order valence-corrected chi connectivity index (χ4v) is 3.11. The number of benzene rings is 1. The molecule has 0 aliphatic heterocycles. The van der Waals surface area contributed by atoms with E-state index in [9.17, 15) is 4.79 Å². The van der Waals surface area contributed by atoms with Crippen LogP contribution in [0.5, 0.6) is 0 Å². The van der Waals surface area contributed by atoms with E-state index in [1.165, 1.54) is 37.7 Å². The zero-order chi connectivity index (χ0) is 15.1. The van der Waals surface area contributed by atoms with E-state index in [0.717, 1.165) is 18.0 Å². The molecule has 1 aliphatic rings. The normalized spacial score (nSPS) is 22.0. The van der Waals surface area contributed by atoms with E-state index in [4.69, 9.17) is 0 Å². The van der Waals surface area contributed by atoms with Gasteiger partial charge in [0.1, 0.15) is 0 Å². The molecule has 3 heteroatoms. The first-order chi connectivity index (χ1) is 10.2. The smallest absolute Gasteiger partial charge is 0.251 e. The lowest BCUT2D eigenvalue weighted by Gasteiger charge is -2.29. The molecular weight excluding hydrogens is 260 g/mol. The molecule has 2 rings (SSSR count). The molecule has 0 radical (unpaired) electrons. The van der Waals surface area contributed by atoms with Crippen LogP contribution in [-0.2, 0) is 0 Å². The van der Waals surface area contributed by atoms with Crippen molar-refractivity contribution in [2.75, 3.05) is 13.1 Å². The van der Waals surface area contributed by atoms with Crippen molar-refractivity contribution in [1.29, 1.82) is 0 Å². The predicted octanol–water partition coefficient (Wildman–Crippen LogP) is 3.28. The second-order valence-electron chi connectivity index (χ2n) is 6.21. The van der Waals surface area contributed by atoms with Gasteiger partial charge in [-0.3, -0.25) is 4.79 Å². The Morgan fingerprint density at radius 1 is 1.19 bits per heavy atom. The molecule has 1 saturated carbocycles. The number of aryl methyl sites for hydroxylation is 1. The molecule has 0 aromatic heterocycles. The highest BCUT2D eigenvalue weighted by molar-refractivity contribution is 5.94. The SMILES string of the molecule is CCC1CCCC(NCCNC(=O)c2ccc(C)cc2)C1. The first-order valence-corrected chi connectivity index (χ1v) is 8.27. The standard InChI is InChI=1S/C18H28N2O/c1-3-15-5-4-6-17(13-15)19-11-12-20-18(21)16-9-7-14(2)8-10-16/h7-10,15,17,19H,3-6,11-13H2,1-2H3,(H,20,21). The highest BCUT2D eigenvalue weighted by Crippen LogP contribution is 2.26. The molecule has 0 heterocycles.